The van der Waals surface area contributed by atoms with Crippen LogP contribution in [-0.4, -0.2) is 38.8 Å². The predicted molar refractivity (Wildman–Crippen MR) is 93.0 cm³/mol. The van der Waals surface area contributed by atoms with E-state index in [1.807, 2.05) is 13.1 Å². The molecule has 1 atom stereocenters. The largest absolute Gasteiger partial charge is 0.451 e. The van der Waals surface area contributed by atoms with Crippen LogP contribution >= 0.6 is 0 Å². The minimum atomic E-state index is -0.589. The Hall–Kier alpha value is -2.67. The third-order valence-electron chi connectivity index (χ3n) is 5.13. The zero-order valence-electron chi connectivity index (χ0n) is 14.4. The van der Waals surface area contributed by atoms with Gasteiger partial charge in [-0.3, -0.25) is 9.48 Å². The molecular weight excluding hydrogens is 337 g/mol. The van der Waals surface area contributed by atoms with E-state index in [-0.39, 0.29) is 17.6 Å². The van der Waals surface area contributed by atoms with Gasteiger partial charge in [0.2, 0.25) is 0 Å². The summed E-state index contributed by atoms with van der Waals surface area (Å²) < 4.78 is 20.5. The van der Waals surface area contributed by atoms with Gasteiger partial charge in [0.1, 0.15) is 11.4 Å². The van der Waals surface area contributed by atoms with Crippen molar-refractivity contribution in [1.29, 1.82) is 0 Å². The highest BCUT2D eigenvalue weighted by Crippen LogP contribution is 2.31. The number of fused-ring (bicyclic) bond motifs is 1. The van der Waals surface area contributed by atoms with Gasteiger partial charge in [-0.15, -0.1) is 0 Å². The van der Waals surface area contributed by atoms with Gasteiger partial charge in [-0.25, -0.2) is 4.39 Å². The Morgan fingerprint density at radius 1 is 1.31 bits per heavy atom. The molecule has 4 rings (SSSR count). The van der Waals surface area contributed by atoms with Crippen LogP contribution in [0.15, 0.2) is 40.9 Å². The molecule has 7 heteroatoms. The van der Waals surface area contributed by atoms with Crippen LogP contribution in [0.25, 0.3) is 11.0 Å². The fourth-order valence-electron chi connectivity index (χ4n) is 3.60. The molecule has 1 aromatic carbocycles. The number of amides is 1. The second-order valence-electron chi connectivity index (χ2n) is 6.75. The number of hydrogen-bond acceptors (Lipinski definition) is 4. The van der Waals surface area contributed by atoms with Crippen LogP contribution in [0.1, 0.15) is 35.2 Å². The first-order valence-electron chi connectivity index (χ1n) is 8.67. The van der Waals surface area contributed by atoms with E-state index in [2.05, 4.69) is 5.10 Å². The van der Waals surface area contributed by atoms with Crippen molar-refractivity contribution < 1.29 is 18.7 Å². The molecule has 0 aliphatic carbocycles. The number of carbonyl (C=O) groups excluding carboxylic acids is 1. The van der Waals surface area contributed by atoms with Crippen molar-refractivity contribution in [3.05, 3.63) is 53.8 Å². The summed E-state index contributed by atoms with van der Waals surface area (Å²) in [5.41, 5.74) is 1.16. The first-order valence-corrected chi connectivity index (χ1v) is 8.67. The molecule has 1 unspecified atom stereocenters. The normalized spacial score (nSPS) is 17.0. The van der Waals surface area contributed by atoms with Crippen LogP contribution in [0.4, 0.5) is 4.39 Å². The quantitative estimate of drug-likeness (QED) is 0.782. The summed E-state index contributed by atoms with van der Waals surface area (Å²) in [6.07, 6.45) is 2.48. The summed E-state index contributed by atoms with van der Waals surface area (Å²) in [7, 11) is 1.81. The topological polar surface area (TPSA) is 71.5 Å². The molecule has 6 nitrogen and oxygen atoms in total. The van der Waals surface area contributed by atoms with E-state index in [1.54, 1.807) is 27.9 Å². The predicted octanol–water partition coefficient (Wildman–Crippen LogP) is 2.89. The van der Waals surface area contributed by atoms with Crippen LogP contribution in [0.3, 0.4) is 0 Å². The lowest BCUT2D eigenvalue weighted by Crippen LogP contribution is -2.39. The molecule has 1 amide bonds. The monoisotopic (exact) mass is 357 g/mol. The molecule has 1 N–H and O–H groups in total. The Kier molecular flexibility index (Phi) is 4.24. The van der Waals surface area contributed by atoms with Gasteiger partial charge < -0.3 is 14.4 Å². The summed E-state index contributed by atoms with van der Waals surface area (Å²) in [4.78, 5) is 14.4. The molecule has 0 bridgehead atoms. The smallest absolute Gasteiger partial charge is 0.289 e. The number of nitrogens with zero attached hydrogens (tertiary/aromatic N) is 3. The van der Waals surface area contributed by atoms with Crippen molar-refractivity contribution in [3.63, 3.8) is 0 Å². The molecule has 26 heavy (non-hydrogen) atoms. The van der Waals surface area contributed by atoms with Crippen LogP contribution in [0.2, 0.25) is 0 Å². The Balaban J connectivity index is 1.43. The zero-order chi connectivity index (χ0) is 18.3. The number of aliphatic hydroxyl groups is 1. The lowest BCUT2D eigenvalue weighted by Gasteiger charge is -2.33. The van der Waals surface area contributed by atoms with E-state index >= 15 is 0 Å². The molecule has 1 fully saturated rings. The standard InChI is InChI=1S/C19H20FN3O3/c1-22-15(4-7-21-22)18(24)12-5-8-23(9-6-12)19(25)17-10-13-2-3-14(20)11-16(13)26-17/h2-4,7,10-12,18,24H,5-6,8-9H2,1H3. The number of aryl methyl sites for hydroxylation is 1. The molecule has 1 saturated heterocycles. The van der Waals surface area contributed by atoms with E-state index < -0.39 is 11.9 Å². The average molecular weight is 357 g/mol. The third kappa shape index (κ3) is 2.99. The van der Waals surface area contributed by atoms with Gasteiger partial charge in [-0.2, -0.15) is 5.10 Å². The van der Waals surface area contributed by atoms with Crippen LogP contribution in [-0.2, 0) is 7.05 Å². The molecule has 136 valence electrons. The number of aliphatic hydroxyl groups excluding tert-OH is 1. The van der Waals surface area contributed by atoms with Crippen molar-refractivity contribution >= 4 is 16.9 Å². The number of piperidine rings is 1. The molecule has 1 aliphatic rings. The van der Waals surface area contributed by atoms with Crippen molar-refractivity contribution in [3.8, 4) is 0 Å². The minimum absolute atomic E-state index is 0.0826. The maximum Gasteiger partial charge on any atom is 0.289 e. The highest BCUT2D eigenvalue weighted by Gasteiger charge is 2.30. The van der Waals surface area contributed by atoms with Gasteiger partial charge in [0.05, 0.1) is 11.8 Å². The lowest BCUT2D eigenvalue weighted by molar-refractivity contribution is 0.0416. The fraction of sp³-hybridized carbons (Fsp3) is 0.368. The molecule has 2 aromatic heterocycles. The van der Waals surface area contributed by atoms with Crippen molar-refractivity contribution in [2.75, 3.05) is 13.1 Å². The van der Waals surface area contributed by atoms with E-state index in [4.69, 9.17) is 4.42 Å². The molecule has 3 aromatic rings. The summed E-state index contributed by atoms with van der Waals surface area (Å²) in [5.74, 6) is -0.290. The Labute approximate surface area is 149 Å². The highest BCUT2D eigenvalue weighted by molar-refractivity contribution is 5.96. The van der Waals surface area contributed by atoms with E-state index in [0.29, 0.717) is 36.9 Å². The molecule has 3 heterocycles. The number of carbonyl (C=O) groups is 1. The van der Waals surface area contributed by atoms with Crippen LogP contribution in [0, 0.1) is 11.7 Å². The van der Waals surface area contributed by atoms with Gasteiger partial charge in [-0.1, -0.05) is 0 Å². The average Bonchev–Trinajstić information content (AvgIpc) is 3.26. The molecule has 0 radical (unpaired) electrons. The van der Waals surface area contributed by atoms with E-state index in [0.717, 1.165) is 5.69 Å². The fourth-order valence-corrected chi connectivity index (χ4v) is 3.60. The molecule has 0 saturated carbocycles. The second kappa shape index (κ2) is 6.57. The van der Waals surface area contributed by atoms with E-state index in [1.165, 1.54) is 12.1 Å². The van der Waals surface area contributed by atoms with Crippen molar-refractivity contribution in [2.24, 2.45) is 13.0 Å². The van der Waals surface area contributed by atoms with E-state index in [9.17, 15) is 14.3 Å². The summed E-state index contributed by atoms with van der Waals surface area (Å²) in [5, 5.41) is 15.4. The number of aromatic nitrogens is 2. The van der Waals surface area contributed by atoms with Crippen molar-refractivity contribution in [1.82, 2.24) is 14.7 Å². The Bertz CT molecular complexity index is 941. The number of likely N-dealkylation sites (tertiary alicyclic amines) is 1. The highest BCUT2D eigenvalue weighted by atomic mass is 19.1. The maximum absolute atomic E-state index is 13.3. The first kappa shape index (κ1) is 16.8. The molecule has 0 spiro atoms. The summed E-state index contributed by atoms with van der Waals surface area (Å²) in [6, 6.07) is 7.69. The summed E-state index contributed by atoms with van der Waals surface area (Å²) >= 11 is 0. The van der Waals surface area contributed by atoms with Crippen LogP contribution < -0.4 is 0 Å². The number of hydrogen-bond donors (Lipinski definition) is 1. The lowest BCUT2D eigenvalue weighted by atomic mass is 9.89. The third-order valence-corrected chi connectivity index (χ3v) is 5.13. The maximum atomic E-state index is 13.3. The SMILES string of the molecule is Cn1nccc1C(O)C1CCN(C(=O)c2cc3ccc(F)cc3o2)CC1. The minimum Gasteiger partial charge on any atom is -0.451 e. The van der Waals surface area contributed by atoms with Gasteiger partial charge >= 0.3 is 0 Å². The van der Waals surface area contributed by atoms with Gasteiger partial charge in [0, 0.05) is 37.8 Å². The first-order chi connectivity index (χ1) is 12.5. The molecule has 1 aliphatic heterocycles. The number of benzene rings is 1. The summed E-state index contributed by atoms with van der Waals surface area (Å²) in [6.45, 7) is 1.09. The Morgan fingerprint density at radius 3 is 2.77 bits per heavy atom. The van der Waals surface area contributed by atoms with Gasteiger partial charge in [-0.05, 0) is 43.0 Å². The van der Waals surface area contributed by atoms with Crippen molar-refractivity contribution in [2.45, 2.75) is 18.9 Å². The zero-order valence-corrected chi connectivity index (χ0v) is 14.4. The van der Waals surface area contributed by atoms with Crippen LogP contribution in [0.5, 0.6) is 0 Å². The number of halogens is 1. The number of rotatable bonds is 3. The number of furan rings is 1. The molecular formula is C19H20FN3O3. The Morgan fingerprint density at radius 2 is 2.08 bits per heavy atom. The second-order valence-corrected chi connectivity index (χ2v) is 6.75. The van der Waals surface area contributed by atoms with Gasteiger partial charge in [0.25, 0.3) is 5.91 Å². The van der Waals surface area contributed by atoms with Gasteiger partial charge in [0.15, 0.2) is 5.76 Å².